The molecule has 0 unspecified atom stereocenters. The molecule has 2 heterocycles. The number of nitrogens with zero attached hydrogens (tertiary/aromatic N) is 3. The van der Waals surface area contributed by atoms with E-state index < -0.39 is 10.0 Å². The van der Waals surface area contributed by atoms with Crippen LogP contribution in [0.1, 0.15) is 23.2 Å². The van der Waals surface area contributed by atoms with Gasteiger partial charge >= 0.3 is 0 Å². The van der Waals surface area contributed by atoms with Crippen LogP contribution in [0.5, 0.6) is 0 Å². The first-order valence-electron chi connectivity index (χ1n) is 10.3. The third kappa shape index (κ3) is 4.72. The van der Waals surface area contributed by atoms with Crippen molar-refractivity contribution in [2.75, 3.05) is 49.4 Å². The second kappa shape index (κ2) is 8.68. The van der Waals surface area contributed by atoms with E-state index in [1.807, 2.05) is 11.9 Å². The highest BCUT2D eigenvalue weighted by atomic mass is 32.2. The Balaban J connectivity index is 1.42. The Bertz CT molecular complexity index is 1060. The lowest BCUT2D eigenvalue weighted by atomic mass is 10.1. The maximum absolute atomic E-state index is 12.7. The summed E-state index contributed by atoms with van der Waals surface area (Å²) >= 11 is 0. The van der Waals surface area contributed by atoms with Gasteiger partial charge in [0, 0.05) is 56.1 Å². The van der Waals surface area contributed by atoms with E-state index in [1.165, 1.54) is 12.1 Å². The zero-order valence-electron chi connectivity index (χ0n) is 17.5. The number of likely N-dealkylation sites (N-methyl/N-ethyl adjacent to an activating group) is 1. The molecule has 0 aromatic heterocycles. The van der Waals surface area contributed by atoms with Crippen molar-refractivity contribution in [1.82, 2.24) is 9.80 Å². The van der Waals surface area contributed by atoms with Crippen molar-refractivity contribution < 1.29 is 18.0 Å². The summed E-state index contributed by atoms with van der Waals surface area (Å²) in [6, 6.07) is 12.8. The molecule has 2 saturated heterocycles. The normalized spacial score (nSPS) is 17.8. The van der Waals surface area contributed by atoms with Crippen LogP contribution in [-0.2, 0) is 14.8 Å². The molecular formula is C22H26N4O4S. The molecular weight excluding hydrogens is 416 g/mol. The second-order valence-corrected chi connectivity index (χ2v) is 9.60. The van der Waals surface area contributed by atoms with Crippen molar-refractivity contribution in [1.29, 1.82) is 0 Å². The Labute approximate surface area is 182 Å². The van der Waals surface area contributed by atoms with E-state index in [2.05, 4.69) is 9.62 Å². The summed E-state index contributed by atoms with van der Waals surface area (Å²) in [5.41, 5.74) is 1.62. The smallest absolute Gasteiger partial charge is 0.261 e. The highest BCUT2D eigenvalue weighted by molar-refractivity contribution is 7.92. The molecule has 0 aliphatic carbocycles. The van der Waals surface area contributed by atoms with Gasteiger partial charge in [-0.1, -0.05) is 0 Å². The third-order valence-electron chi connectivity index (χ3n) is 5.71. The van der Waals surface area contributed by atoms with Crippen LogP contribution in [0.15, 0.2) is 53.4 Å². The van der Waals surface area contributed by atoms with Crippen LogP contribution in [0.3, 0.4) is 0 Å². The third-order valence-corrected chi connectivity index (χ3v) is 7.10. The summed E-state index contributed by atoms with van der Waals surface area (Å²) in [7, 11) is -1.75. The molecule has 2 fully saturated rings. The molecule has 2 aromatic rings. The van der Waals surface area contributed by atoms with Gasteiger partial charge in [-0.05, 0) is 62.0 Å². The number of piperazine rings is 1. The van der Waals surface area contributed by atoms with Crippen molar-refractivity contribution in [2.45, 2.75) is 17.7 Å². The van der Waals surface area contributed by atoms with E-state index >= 15 is 0 Å². The monoisotopic (exact) mass is 442 g/mol. The minimum atomic E-state index is -3.78. The van der Waals surface area contributed by atoms with E-state index in [-0.39, 0.29) is 16.7 Å². The van der Waals surface area contributed by atoms with Crippen molar-refractivity contribution in [2.24, 2.45) is 0 Å². The maximum Gasteiger partial charge on any atom is 0.261 e. The number of rotatable bonds is 5. The number of carbonyl (C=O) groups excluding carboxylic acids is 2. The van der Waals surface area contributed by atoms with Gasteiger partial charge in [0.15, 0.2) is 0 Å². The Morgan fingerprint density at radius 1 is 0.903 bits per heavy atom. The number of hydrogen-bond donors (Lipinski definition) is 1. The van der Waals surface area contributed by atoms with Gasteiger partial charge in [-0.3, -0.25) is 14.3 Å². The molecule has 31 heavy (non-hydrogen) atoms. The predicted octanol–water partition coefficient (Wildman–Crippen LogP) is 2.00. The molecule has 9 heteroatoms. The number of sulfonamides is 1. The first kappa shape index (κ1) is 21.3. The molecule has 0 saturated carbocycles. The number of anilines is 2. The molecule has 2 aromatic carbocycles. The van der Waals surface area contributed by atoms with Crippen molar-refractivity contribution in [3.8, 4) is 0 Å². The average Bonchev–Trinajstić information content (AvgIpc) is 3.20. The Hall–Kier alpha value is -2.91. The number of benzene rings is 2. The van der Waals surface area contributed by atoms with Crippen LogP contribution < -0.4 is 9.62 Å². The number of nitrogens with one attached hydrogen (secondary N) is 1. The average molecular weight is 443 g/mol. The van der Waals surface area contributed by atoms with Gasteiger partial charge in [-0.25, -0.2) is 8.42 Å². The van der Waals surface area contributed by atoms with E-state index in [1.54, 1.807) is 41.3 Å². The predicted molar refractivity (Wildman–Crippen MR) is 119 cm³/mol. The van der Waals surface area contributed by atoms with Crippen LogP contribution >= 0.6 is 0 Å². The first-order chi connectivity index (χ1) is 14.8. The Morgan fingerprint density at radius 2 is 1.55 bits per heavy atom. The summed E-state index contributed by atoms with van der Waals surface area (Å²) in [5.74, 6) is 0.00879. The topological polar surface area (TPSA) is 90.0 Å². The van der Waals surface area contributed by atoms with Crippen LogP contribution in [0.2, 0.25) is 0 Å². The Kier molecular flexibility index (Phi) is 5.97. The number of amides is 2. The highest BCUT2D eigenvalue weighted by Gasteiger charge is 2.23. The van der Waals surface area contributed by atoms with E-state index in [9.17, 15) is 18.0 Å². The van der Waals surface area contributed by atoms with Crippen LogP contribution in [-0.4, -0.2) is 69.8 Å². The lowest BCUT2D eigenvalue weighted by molar-refractivity contribution is -0.117. The minimum absolute atomic E-state index is 0.0467. The van der Waals surface area contributed by atoms with Gasteiger partial charge < -0.3 is 14.7 Å². The lowest BCUT2D eigenvalue weighted by Crippen LogP contribution is -2.47. The minimum Gasteiger partial charge on any atom is -0.336 e. The largest absolute Gasteiger partial charge is 0.336 e. The second-order valence-electron chi connectivity index (χ2n) is 7.92. The summed E-state index contributed by atoms with van der Waals surface area (Å²) in [5, 5.41) is 0. The van der Waals surface area contributed by atoms with Crippen molar-refractivity contribution >= 4 is 33.2 Å². The van der Waals surface area contributed by atoms with Gasteiger partial charge in [0.25, 0.3) is 15.9 Å². The van der Waals surface area contributed by atoms with E-state index in [4.69, 9.17) is 0 Å². The van der Waals surface area contributed by atoms with Crippen molar-refractivity contribution in [3.05, 3.63) is 54.1 Å². The van der Waals surface area contributed by atoms with Crippen LogP contribution in [0.25, 0.3) is 0 Å². The van der Waals surface area contributed by atoms with Crippen molar-refractivity contribution in [3.63, 3.8) is 0 Å². The molecule has 2 amide bonds. The van der Waals surface area contributed by atoms with Gasteiger partial charge in [-0.15, -0.1) is 0 Å². The van der Waals surface area contributed by atoms with Crippen LogP contribution in [0.4, 0.5) is 11.4 Å². The fourth-order valence-corrected chi connectivity index (χ4v) is 4.87. The molecule has 1 N–H and O–H groups in total. The molecule has 8 nitrogen and oxygen atoms in total. The molecule has 0 radical (unpaired) electrons. The molecule has 0 spiro atoms. The lowest BCUT2D eigenvalue weighted by Gasteiger charge is -2.32. The van der Waals surface area contributed by atoms with Gasteiger partial charge in [0.05, 0.1) is 4.90 Å². The molecule has 2 aliphatic heterocycles. The SMILES string of the molecule is CN1CCN(C(=O)c2ccc(NS(=O)(=O)c3ccc(N4CCCC4=O)cc3)cc2)CC1. The Morgan fingerprint density at radius 3 is 2.13 bits per heavy atom. The van der Waals surface area contributed by atoms with Gasteiger partial charge in [-0.2, -0.15) is 0 Å². The standard InChI is InChI=1S/C22H26N4O4S/c1-24-13-15-25(16-14-24)22(28)17-4-6-18(7-5-17)23-31(29,30)20-10-8-19(9-11-20)26-12-2-3-21(26)27/h4-11,23H,2-3,12-16H2,1H3. The molecule has 2 aliphatic rings. The zero-order valence-corrected chi connectivity index (χ0v) is 18.3. The van der Waals surface area contributed by atoms with E-state index in [0.29, 0.717) is 43.0 Å². The quantitative estimate of drug-likeness (QED) is 0.765. The summed E-state index contributed by atoms with van der Waals surface area (Å²) in [6.07, 6.45) is 1.34. The van der Waals surface area contributed by atoms with E-state index in [0.717, 1.165) is 19.5 Å². The number of carbonyl (C=O) groups is 2. The summed E-state index contributed by atoms with van der Waals surface area (Å²) in [4.78, 5) is 30.3. The summed E-state index contributed by atoms with van der Waals surface area (Å²) < 4.78 is 28.0. The van der Waals surface area contributed by atoms with Gasteiger partial charge in [0.1, 0.15) is 0 Å². The number of hydrogen-bond acceptors (Lipinski definition) is 5. The highest BCUT2D eigenvalue weighted by Crippen LogP contribution is 2.24. The fraction of sp³-hybridized carbons (Fsp3) is 0.364. The molecule has 0 atom stereocenters. The molecule has 0 bridgehead atoms. The molecule has 164 valence electrons. The maximum atomic E-state index is 12.7. The van der Waals surface area contributed by atoms with Gasteiger partial charge in [0.2, 0.25) is 5.91 Å². The molecule has 4 rings (SSSR count). The first-order valence-corrected chi connectivity index (χ1v) is 11.8. The fourth-order valence-electron chi connectivity index (χ4n) is 3.81. The zero-order chi connectivity index (χ0) is 22.0. The summed E-state index contributed by atoms with van der Waals surface area (Å²) in [6.45, 7) is 3.70. The van der Waals surface area contributed by atoms with Crippen LogP contribution in [0, 0.1) is 0 Å².